The predicted octanol–water partition coefficient (Wildman–Crippen LogP) is 14.0. The summed E-state index contributed by atoms with van der Waals surface area (Å²) in [5.41, 5.74) is 13.9. The predicted molar refractivity (Wildman–Crippen MR) is 242 cm³/mol. The number of fused-ring (bicyclic) bond motifs is 3. The average Bonchev–Trinajstić information content (AvgIpc) is 3.27. The van der Waals surface area contributed by atoms with Crippen molar-refractivity contribution >= 4 is 45.5 Å². The molecule has 0 saturated carbocycles. The van der Waals surface area contributed by atoms with Crippen LogP contribution in [0.4, 0.5) is 45.5 Å². The van der Waals surface area contributed by atoms with Gasteiger partial charge in [-0.05, 0) is 86.6 Å². The number of para-hydroxylation sites is 8. The normalized spacial score (nSPS) is 13.6. The molecular weight excluding hydrogens is 693 g/mol. The van der Waals surface area contributed by atoms with Gasteiger partial charge in [0.25, 0.3) is 0 Å². The quantitative estimate of drug-likeness (QED) is 0.146. The van der Waals surface area contributed by atoms with Crippen molar-refractivity contribution in [2.45, 2.75) is 26.1 Å². The first-order valence-corrected chi connectivity index (χ1v) is 19.9. The summed E-state index contributed by atoms with van der Waals surface area (Å²) in [5.74, 6) is 0. The molecule has 9 rings (SSSR count). The Bertz CT molecular complexity index is 2550. The number of anilines is 8. The van der Waals surface area contributed by atoms with Crippen molar-refractivity contribution in [1.82, 2.24) is 0 Å². The average molecular weight is 739 g/mol. The molecule has 4 heteroatoms. The molecule has 0 N–H and O–H groups in total. The fourth-order valence-corrected chi connectivity index (χ4v) is 8.49. The van der Waals surface area contributed by atoms with Crippen LogP contribution in [-0.2, 0) is 0 Å². The van der Waals surface area contributed by atoms with Gasteiger partial charge in [0.1, 0.15) is 6.17 Å². The Morgan fingerprint density at radius 2 is 0.825 bits per heavy atom. The van der Waals surface area contributed by atoms with Gasteiger partial charge in [-0.15, -0.1) is 0 Å². The topological polar surface area (TPSA) is 13.0 Å². The summed E-state index contributed by atoms with van der Waals surface area (Å²) in [6.45, 7) is 5.19. The molecule has 1 atom stereocenters. The Morgan fingerprint density at radius 1 is 0.404 bits per heavy atom. The zero-order chi connectivity index (χ0) is 38.6. The van der Waals surface area contributed by atoms with Crippen molar-refractivity contribution in [3.05, 3.63) is 218 Å². The van der Waals surface area contributed by atoms with Gasteiger partial charge in [0.15, 0.2) is 0 Å². The van der Waals surface area contributed by atoms with E-state index >= 15 is 0 Å². The number of benzene rings is 8. The van der Waals surface area contributed by atoms with E-state index in [-0.39, 0.29) is 12.2 Å². The van der Waals surface area contributed by atoms with Crippen LogP contribution in [0.25, 0.3) is 22.3 Å². The molecule has 0 radical (unpaired) electrons. The SMILES string of the molecule is CC(C)N(c1ccccc1)c1ccccc1-c1ccccc1N(c1ccccc1)C1CN(c2ccccc2)c2ccccc2-c2ccccc2N1c1ccccc1. The first-order chi connectivity index (χ1) is 28.2. The van der Waals surface area contributed by atoms with Gasteiger partial charge < -0.3 is 19.6 Å². The highest BCUT2D eigenvalue weighted by atomic mass is 15.4. The Balaban J connectivity index is 1.33. The Morgan fingerprint density at radius 3 is 1.42 bits per heavy atom. The highest BCUT2D eigenvalue weighted by Crippen LogP contribution is 2.49. The largest absolute Gasteiger partial charge is 0.338 e. The molecular formula is C53H46N4. The van der Waals surface area contributed by atoms with Gasteiger partial charge in [0, 0.05) is 62.4 Å². The van der Waals surface area contributed by atoms with Gasteiger partial charge >= 0.3 is 0 Å². The molecule has 0 aromatic heterocycles. The van der Waals surface area contributed by atoms with Gasteiger partial charge in [0.2, 0.25) is 0 Å². The van der Waals surface area contributed by atoms with Crippen LogP contribution < -0.4 is 19.6 Å². The molecule has 0 spiro atoms. The molecule has 1 aliphatic heterocycles. The van der Waals surface area contributed by atoms with Crippen LogP contribution >= 0.6 is 0 Å². The lowest BCUT2D eigenvalue weighted by atomic mass is 9.96. The van der Waals surface area contributed by atoms with E-state index in [4.69, 9.17) is 0 Å². The molecule has 0 fully saturated rings. The lowest BCUT2D eigenvalue weighted by Gasteiger charge is -2.47. The standard InChI is InChI=1S/C53H46N4/c1-40(2)55(42-25-9-4-10-26-42)50-36-20-16-33-47(50)48-34-18-22-38-52(48)57(44-29-13-6-14-30-44)53-39-54(41-23-7-3-8-24-41)49-35-19-15-31-45(49)46-32-17-21-37-51(46)56(53)43-27-11-5-12-28-43/h3-38,40,53H,39H2,1-2H3. The van der Waals surface area contributed by atoms with E-state index in [1.165, 1.54) is 33.8 Å². The third-order valence-electron chi connectivity index (χ3n) is 10.9. The molecule has 4 nitrogen and oxygen atoms in total. The van der Waals surface area contributed by atoms with Crippen LogP contribution in [0.15, 0.2) is 218 Å². The molecule has 1 heterocycles. The Labute approximate surface area is 337 Å². The molecule has 0 saturated heterocycles. The number of hydrogen-bond acceptors (Lipinski definition) is 4. The van der Waals surface area contributed by atoms with Crippen LogP contribution in [0.3, 0.4) is 0 Å². The summed E-state index contributed by atoms with van der Waals surface area (Å²) in [5, 5.41) is 0. The molecule has 57 heavy (non-hydrogen) atoms. The lowest BCUT2D eigenvalue weighted by molar-refractivity contribution is 0.656. The number of nitrogens with zero attached hydrogens (tertiary/aromatic N) is 4. The summed E-state index contributed by atoms with van der Waals surface area (Å²) in [6, 6.07) is 79.2. The van der Waals surface area contributed by atoms with Crippen molar-refractivity contribution in [1.29, 1.82) is 0 Å². The third-order valence-corrected chi connectivity index (χ3v) is 10.9. The van der Waals surface area contributed by atoms with Crippen molar-refractivity contribution in [3.8, 4) is 22.3 Å². The van der Waals surface area contributed by atoms with E-state index in [1.54, 1.807) is 0 Å². The van der Waals surface area contributed by atoms with Crippen LogP contribution in [0.1, 0.15) is 13.8 Å². The van der Waals surface area contributed by atoms with Crippen molar-refractivity contribution in [3.63, 3.8) is 0 Å². The maximum absolute atomic E-state index is 2.57. The molecule has 0 amide bonds. The Kier molecular flexibility index (Phi) is 9.99. The summed E-state index contributed by atoms with van der Waals surface area (Å²) in [7, 11) is 0. The third kappa shape index (κ3) is 6.91. The van der Waals surface area contributed by atoms with Crippen molar-refractivity contribution in [2.75, 3.05) is 26.1 Å². The minimum Gasteiger partial charge on any atom is -0.338 e. The molecule has 278 valence electrons. The molecule has 8 aromatic carbocycles. The second-order valence-corrected chi connectivity index (χ2v) is 14.7. The van der Waals surface area contributed by atoms with E-state index in [0.717, 1.165) is 34.0 Å². The zero-order valence-electron chi connectivity index (χ0n) is 32.4. The van der Waals surface area contributed by atoms with Crippen LogP contribution in [0.5, 0.6) is 0 Å². The van der Waals surface area contributed by atoms with E-state index in [1.807, 2.05) is 0 Å². The maximum Gasteiger partial charge on any atom is 0.129 e. The first-order valence-electron chi connectivity index (χ1n) is 19.9. The van der Waals surface area contributed by atoms with E-state index in [2.05, 4.69) is 252 Å². The monoisotopic (exact) mass is 738 g/mol. The van der Waals surface area contributed by atoms with Gasteiger partial charge in [-0.1, -0.05) is 146 Å². The minimum atomic E-state index is -0.229. The second kappa shape index (κ2) is 16.0. The van der Waals surface area contributed by atoms with Crippen LogP contribution in [-0.4, -0.2) is 18.8 Å². The highest BCUT2D eigenvalue weighted by molar-refractivity contribution is 5.95. The first kappa shape index (κ1) is 35.6. The molecule has 8 aromatic rings. The smallest absolute Gasteiger partial charge is 0.129 e. The van der Waals surface area contributed by atoms with Gasteiger partial charge in [-0.25, -0.2) is 0 Å². The lowest BCUT2D eigenvalue weighted by Crippen LogP contribution is -2.51. The van der Waals surface area contributed by atoms with Crippen molar-refractivity contribution in [2.24, 2.45) is 0 Å². The zero-order valence-corrected chi connectivity index (χ0v) is 32.4. The molecule has 0 bridgehead atoms. The number of hydrogen-bond donors (Lipinski definition) is 0. The fraction of sp³-hybridized carbons (Fsp3) is 0.0943. The second-order valence-electron chi connectivity index (χ2n) is 14.7. The highest BCUT2D eigenvalue weighted by Gasteiger charge is 2.36. The summed E-state index contributed by atoms with van der Waals surface area (Å²) in [6.07, 6.45) is -0.229. The van der Waals surface area contributed by atoms with E-state index in [0.29, 0.717) is 6.54 Å². The van der Waals surface area contributed by atoms with E-state index in [9.17, 15) is 0 Å². The molecule has 0 aliphatic carbocycles. The minimum absolute atomic E-state index is 0.223. The van der Waals surface area contributed by atoms with Gasteiger partial charge in [-0.3, -0.25) is 0 Å². The summed E-state index contributed by atoms with van der Waals surface area (Å²) < 4.78 is 0. The number of rotatable bonds is 9. The molecule has 1 unspecified atom stereocenters. The maximum atomic E-state index is 2.57. The van der Waals surface area contributed by atoms with Crippen LogP contribution in [0, 0.1) is 0 Å². The molecule has 1 aliphatic rings. The fourth-order valence-electron chi connectivity index (χ4n) is 8.49. The van der Waals surface area contributed by atoms with Gasteiger partial charge in [-0.2, -0.15) is 0 Å². The van der Waals surface area contributed by atoms with Crippen molar-refractivity contribution < 1.29 is 0 Å². The van der Waals surface area contributed by atoms with Crippen LogP contribution in [0.2, 0.25) is 0 Å². The van der Waals surface area contributed by atoms with E-state index < -0.39 is 0 Å². The summed E-state index contributed by atoms with van der Waals surface area (Å²) >= 11 is 0. The van der Waals surface area contributed by atoms with Gasteiger partial charge in [0.05, 0.1) is 17.9 Å². The summed E-state index contributed by atoms with van der Waals surface area (Å²) in [4.78, 5) is 10.1. The Hall–Kier alpha value is -7.04.